The molecule has 3 N–H and O–H groups in total. The highest BCUT2D eigenvalue weighted by Gasteiger charge is 2.19. The Kier molecular flexibility index (Phi) is 4.57. The molecule has 0 radical (unpaired) electrons. The number of nitrogens with one attached hydrogen (secondary N) is 1. The second-order valence-corrected chi connectivity index (χ2v) is 4.47. The number of Topliss-reactive ketones (excluding diaryl/α,β-unsaturated/α-hetero) is 1. The number of aromatic amines is 1. The van der Waals surface area contributed by atoms with E-state index in [0.717, 1.165) is 11.8 Å². The van der Waals surface area contributed by atoms with Gasteiger partial charge in [0.25, 0.3) is 0 Å². The average Bonchev–Trinajstić information content (AvgIpc) is 2.78. The van der Waals surface area contributed by atoms with Crippen LogP contribution in [0.1, 0.15) is 28.5 Å². The lowest BCUT2D eigenvalue weighted by Crippen LogP contribution is -2.00. The van der Waals surface area contributed by atoms with E-state index in [4.69, 9.17) is 4.74 Å². The first-order valence-electron chi connectivity index (χ1n) is 6.38. The van der Waals surface area contributed by atoms with Gasteiger partial charge in [0.05, 0.1) is 6.21 Å². The predicted molar refractivity (Wildman–Crippen MR) is 78.3 cm³/mol. The summed E-state index contributed by atoms with van der Waals surface area (Å²) in [5, 5.41) is 19.2. The lowest BCUT2D eigenvalue weighted by Gasteiger charge is -2.00. The second-order valence-electron chi connectivity index (χ2n) is 4.47. The number of aromatic nitrogens is 1. The number of aliphatic imine (C=N–C) groups is 1. The third-order valence-electron chi connectivity index (χ3n) is 2.84. The summed E-state index contributed by atoms with van der Waals surface area (Å²) in [6.45, 7) is 1.26. The van der Waals surface area contributed by atoms with Gasteiger partial charge in [-0.2, -0.15) is 4.99 Å². The maximum Gasteiger partial charge on any atom is 0.433 e. The van der Waals surface area contributed by atoms with Gasteiger partial charge in [-0.15, -0.1) is 0 Å². The molecule has 0 aliphatic rings. The van der Waals surface area contributed by atoms with E-state index < -0.39 is 23.5 Å². The summed E-state index contributed by atoms with van der Waals surface area (Å²) < 4.78 is 4.91. The van der Waals surface area contributed by atoms with Crippen LogP contribution in [0.3, 0.4) is 0 Å². The van der Waals surface area contributed by atoms with Crippen LogP contribution in [0.2, 0.25) is 0 Å². The fourth-order valence-corrected chi connectivity index (χ4v) is 1.80. The van der Waals surface area contributed by atoms with Gasteiger partial charge >= 0.3 is 6.09 Å². The summed E-state index contributed by atoms with van der Waals surface area (Å²) in [6, 6.07) is 9.07. The zero-order chi connectivity index (χ0) is 16.1. The van der Waals surface area contributed by atoms with Gasteiger partial charge in [-0.1, -0.05) is 30.3 Å². The average molecular weight is 302 g/mol. The van der Waals surface area contributed by atoms with Gasteiger partial charge in [0, 0.05) is 0 Å². The van der Waals surface area contributed by atoms with Crippen molar-refractivity contribution in [3.8, 4) is 11.6 Å². The van der Waals surface area contributed by atoms with Crippen molar-refractivity contribution in [1.29, 1.82) is 0 Å². The van der Waals surface area contributed by atoms with Crippen LogP contribution in [0.15, 0.2) is 35.3 Å². The first-order chi connectivity index (χ1) is 10.5. The molecule has 0 spiro atoms. The van der Waals surface area contributed by atoms with Gasteiger partial charge in [0.2, 0.25) is 5.88 Å². The van der Waals surface area contributed by atoms with Gasteiger partial charge in [-0.05, 0) is 12.5 Å². The summed E-state index contributed by atoms with van der Waals surface area (Å²) in [5.74, 6) is -1.47. The number of nitrogens with zero attached hydrogens (tertiary/aromatic N) is 1. The number of ketones is 1. The molecule has 22 heavy (non-hydrogen) atoms. The Morgan fingerprint density at radius 1 is 1.27 bits per heavy atom. The normalized spacial score (nSPS) is 10.8. The SMILES string of the molecule is CC(=O)c1c(O)[nH]c(/C=N/C(=O)OCc2ccccc2)c1O. The number of benzene rings is 1. The highest BCUT2D eigenvalue weighted by molar-refractivity contribution is 6.03. The summed E-state index contributed by atoms with van der Waals surface area (Å²) in [4.78, 5) is 28.5. The number of hydrogen-bond donors (Lipinski definition) is 3. The predicted octanol–water partition coefficient (Wildman–Crippen LogP) is 2.38. The molecule has 2 rings (SSSR count). The first kappa shape index (κ1) is 15.3. The molecule has 0 unspecified atom stereocenters. The number of hydrogen-bond acceptors (Lipinski definition) is 5. The summed E-state index contributed by atoms with van der Waals surface area (Å²) in [5.41, 5.74) is 0.503. The molecule has 0 atom stereocenters. The zero-order valence-corrected chi connectivity index (χ0v) is 11.7. The van der Waals surface area contributed by atoms with Crippen molar-refractivity contribution >= 4 is 18.1 Å². The summed E-state index contributed by atoms with van der Waals surface area (Å²) in [7, 11) is 0. The van der Waals surface area contributed by atoms with Crippen LogP contribution in [0.5, 0.6) is 11.6 Å². The van der Waals surface area contributed by atoms with Crippen LogP contribution < -0.4 is 0 Å². The van der Waals surface area contributed by atoms with Crippen LogP contribution in [-0.4, -0.2) is 33.3 Å². The topological polar surface area (TPSA) is 112 Å². The Labute approximate surface area is 125 Å². The van der Waals surface area contributed by atoms with Gasteiger partial charge in [-0.3, -0.25) is 4.79 Å². The summed E-state index contributed by atoms with van der Waals surface area (Å²) >= 11 is 0. The highest BCUT2D eigenvalue weighted by Crippen LogP contribution is 2.29. The molecule has 0 bridgehead atoms. The van der Waals surface area contributed by atoms with Crippen molar-refractivity contribution in [2.24, 2.45) is 4.99 Å². The van der Waals surface area contributed by atoms with E-state index in [-0.39, 0.29) is 17.9 Å². The Morgan fingerprint density at radius 3 is 2.55 bits per heavy atom. The molecule has 1 amide bonds. The molecule has 0 saturated carbocycles. The maximum atomic E-state index is 11.5. The first-order valence-corrected chi connectivity index (χ1v) is 6.38. The van der Waals surface area contributed by atoms with Crippen LogP contribution in [0, 0.1) is 0 Å². The standard InChI is InChI=1S/C15H14N2O5/c1-9(18)12-13(19)11(17-14(12)20)7-16-15(21)22-8-10-5-3-2-4-6-10/h2-7,17,19-20H,8H2,1H3/b16-7+. The minimum absolute atomic E-state index is 0.0561. The number of H-pyrrole nitrogens is 1. The number of carbonyl (C=O) groups is 2. The molecule has 2 aromatic rings. The maximum absolute atomic E-state index is 11.5. The molecule has 114 valence electrons. The Bertz CT molecular complexity index is 719. The fraction of sp³-hybridized carbons (Fsp3) is 0.133. The van der Waals surface area contributed by atoms with Gasteiger partial charge in [0.1, 0.15) is 17.9 Å². The van der Waals surface area contributed by atoms with E-state index in [1.54, 1.807) is 12.1 Å². The molecule has 1 aromatic carbocycles. The Balaban J connectivity index is 2.01. The zero-order valence-electron chi connectivity index (χ0n) is 11.7. The molecule has 1 heterocycles. The van der Waals surface area contributed by atoms with E-state index in [2.05, 4.69) is 9.98 Å². The largest absolute Gasteiger partial charge is 0.505 e. The Morgan fingerprint density at radius 2 is 1.95 bits per heavy atom. The quantitative estimate of drug-likeness (QED) is 0.593. The number of rotatable bonds is 4. The summed E-state index contributed by atoms with van der Waals surface area (Å²) in [6.07, 6.45) is 0.121. The third-order valence-corrected chi connectivity index (χ3v) is 2.84. The van der Waals surface area contributed by atoms with Crippen LogP contribution in [0.4, 0.5) is 4.79 Å². The smallest absolute Gasteiger partial charge is 0.433 e. The van der Waals surface area contributed by atoms with Crippen LogP contribution in [0.25, 0.3) is 0 Å². The van der Waals surface area contributed by atoms with E-state index in [0.29, 0.717) is 0 Å². The van der Waals surface area contributed by atoms with E-state index in [9.17, 15) is 19.8 Å². The third kappa shape index (κ3) is 3.51. The lowest BCUT2D eigenvalue weighted by molar-refractivity contribution is 0.101. The van der Waals surface area contributed by atoms with Gasteiger partial charge in [-0.25, -0.2) is 4.79 Å². The van der Waals surface area contributed by atoms with E-state index >= 15 is 0 Å². The van der Waals surface area contributed by atoms with Crippen molar-refractivity contribution in [3.05, 3.63) is 47.2 Å². The number of amides is 1. The second kappa shape index (κ2) is 6.57. The van der Waals surface area contributed by atoms with Crippen molar-refractivity contribution < 1.29 is 24.5 Å². The van der Waals surface area contributed by atoms with E-state index in [1.165, 1.54) is 6.92 Å². The Hall–Kier alpha value is -3.09. The van der Waals surface area contributed by atoms with E-state index in [1.807, 2.05) is 18.2 Å². The molecule has 0 aliphatic carbocycles. The molecule has 0 aliphatic heterocycles. The van der Waals surface area contributed by atoms with Crippen molar-refractivity contribution in [2.75, 3.05) is 0 Å². The van der Waals surface area contributed by atoms with Gasteiger partial charge in [0.15, 0.2) is 11.5 Å². The lowest BCUT2D eigenvalue weighted by atomic mass is 10.2. The number of ether oxygens (including phenoxy) is 1. The molecular weight excluding hydrogens is 288 g/mol. The highest BCUT2D eigenvalue weighted by atomic mass is 16.5. The monoisotopic (exact) mass is 302 g/mol. The molecule has 0 fully saturated rings. The fourth-order valence-electron chi connectivity index (χ4n) is 1.80. The van der Waals surface area contributed by atoms with Crippen molar-refractivity contribution in [1.82, 2.24) is 4.98 Å². The minimum Gasteiger partial charge on any atom is -0.505 e. The molecule has 0 saturated heterocycles. The van der Waals surface area contributed by atoms with Crippen LogP contribution >= 0.6 is 0 Å². The minimum atomic E-state index is -0.860. The van der Waals surface area contributed by atoms with Crippen molar-refractivity contribution in [2.45, 2.75) is 13.5 Å². The number of aromatic hydroxyl groups is 2. The van der Waals surface area contributed by atoms with Gasteiger partial charge < -0.3 is 19.9 Å². The molecular formula is C15H14N2O5. The molecule has 7 nitrogen and oxygen atoms in total. The molecule has 7 heteroatoms. The molecule has 1 aromatic heterocycles. The van der Waals surface area contributed by atoms with Crippen molar-refractivity contribution in [3.63, 3.8) is 0 Å². The number of carbonyl (C=O) groups excluding carboxylic acids is 2. The van der Waals surface area contributed by atoms with Crippen LogP contribution in [-0.2, 0) is 11.3 Å².